The molecule has 0 fully saturated rings. The zero-order chi connectivity index (χ0) is 16.2. The molecule has 7 heteroatoms. The van der Waals surface area contributed by atoms with E-state index in [1.165, 1.54) is 11.3 Å². The summed E-state index contributed by atoms with van der Waals surface area (Å²) in [6.45, 7) is 4.01. The summed E-state index contributed by atoms with van der Waals surface area (Å²) in [6, 6.07) is 9.99. The quantitative estimate of drug-likeness (QED) is 0.782. The number of anilines is 1. The van der Waals surface area contributed by atoms with Crippen LogP contribution in [0.5, 0.6) is 0 Å². The van der Waals surface area contributed by atoms with Crippen molar-refractivity contribution in [2.45, 2.75) is 26.7 Å². The summed E-state index contributed by atoms with van der Waals surface area (Å²) in [4.78, 5) is 12.0. The van der Waals surface area contributed by atoms with Gasteiger partial charge in [-0.05, 0) is 38.0 Å². The van der Waals surface area contributed by atoms with E-state index in [0.29, 0.717) is 18.0 Å². The van der Waals surface area contributed by atoms with Gasteiger partial charge in [-0.2, -0.15) is 5.10 Å². The number of benzene rings is 1. The van der Waals surface area contributed by atoms with Gasteiger partial charge in [0.15, 0.2) is 0 Å². The summed E-state index contributed by atoms with van der Waals surface area (Å²) in [6.07, 6.45) is 1.04. The topological polar surface area (TPSA) is 72.7 Å². The van der Waals surface area contributed by atoms with Gasteiger partial charge in [-0.15, -0.1) is 10.2 Å². The first kappa shape index (κ1) is 15.4. The second-order valence-corrected chi connectivity index (χ2v) is 6.02. The molecule has 2 aromatic heterocycles. The fraction of sp³-hybridized carbons (Fsp3) is 0.250. The number of aryl methyl sites for hydroxylation is 1. The van der Waals surface area contributed by atoms with Gasteiger partial charge in [-0.3, -0.25) is 4.79 Å². The number of para-hydroxylation sites is 1. The SMILES string of the molecule is Cc1nn(-c2ccccc2)c(C)c1CCC(=O)Nc1nncs1. The van der Waals surface area contributed by atoms with Gasteiger partial charge in [0.1, 0.15) is 5.51 Å². The third-order valence-electron chi connectivity index (χ3n) is 3.65. The van der Waals surface area contributed by atoms with Crippen molar-refractivity contribution < 1.29 is 4.79 Å². The number of nitrogens with one attached hydrogen (secondary N) is 1. The van der Waals surface area contributed by atoms with Crippen molar-refractivity contribution >= 4 is 22.4 Å². The van der Waals surface area contributed by atoms with Gasteiger partial charge in [0, 0.05) is 12.1 Å². The van der Waals surface area contributed by atoms with Gasteiger partial charge < -0.3 is 5.32 Å². The first-order chi connectivity index (χ1) is 11.1. The Morgan fingerprint density at radius 1 is 1.26 bits per heavy atom. The van der Waals surface area contributed by atoms with Crippen LogP contribution in [0.3, 0.4) is 0 Å². The standard InChI is InChI=1S/C16H17N5OS/c1-11-14(8-9-15(22)18-16-19-17-10-23-16)12(2)21(20-11)13-6-4-3-5-7-13/h3-7,10H,8-9H2,1-2H3,(H,18,19,22). The van der Waals surface area contributed by atoms with E-state index in [0.717, 1.165) is 22.6 Å². The van der Waals surface area contributed by atoms with Crippen LogP contribution in [0.2, 0.25) is 0 Å². The molecule has 0 unspecified atom stereocenters. The lowest BCUT2D eigenvalue weighted by Crippen LogP contribution is -2.12. The Morgan fingerprint density at radius 3 is 2.74 bits per heavy atom. The van der Waals surface area contributed by atoms with Gasteiger partial charge in [-0.1, -0.05) is 29.5 Å². The Labute approximate surface area is 138 Å². The first-order valence-electron chi connectivity index (χ1n) is 7.31. The molecule has 0 aliphatic heterocycles. The van der Waals surface area contributed by atoms with Crippen molar-refractivity contribution in [3.8, 4) is 5.69 Å². The molecule has 1 amide bonds. The molecule has 1 N–H and O–H groups in total. The van der Waals surface area contributed by atoms with Crippen molar-refractivity contribution in [3.63, 3.8) is 0 Å². The first-order valence-corrected chi connectivity index (χ1v) is 8.19. The predicted octanol–water partition coefficient (Wildman–Crippen LogP) is 2.91. The van der Waals surface area contributed by atoms with Crippen molar-refractivity contribution in [3.05, 3.63) is 52.8 Å². The third kappa shape index (κ3) is 3.45. The number of rotatable bonds is 5. The molecular weight excluding hydrogens is 310 g/mol. The Hall–Kier alpha value is -2.54. The van der Waals surface area contributed by atoms with Crippen molar-refractivity contribution in [1.82, 2.24) is 20.0 Å². The van der Waals surface area contributed by atoms with Gasteiger partial charge >= 0.3 is 0 Å². The normalized spacial score (nSPS) is 10.7. The minimum atomic E-state index is -0.0620. The molecule has 6 nitrogen and oxygen atoms in total. The summed E-state index contributed by atoms with van der Waals surface area (Å²) < 4.78 is 1.92. The molecule has 3 rings (SSSR count). The molecular formula is C16H17N5OS. The van der Waals surface area contributed by atoms with Gasteiger partial charge in [0.05, 0.1) is 11.4 Å². The number of hydrogen-bond acceptors (Lipinski definition) is 5. The Balaban J connectivity index is 1.71. The lowest BCUT2D eigenvalue weighted by atomic mass is 10.1. The number of carbonyl (C=O) groups excluding carboxylic acids is 1. The number of hydrogen-bond donors (Lipinski definition) is 1. The van der Waals surface area contributed by atoms with Crippen LogP contribution in [-0.4, -0.2) is 25.9 Å². The summed E-state index contributed by atoms with van der Waals surface area (Å²) >= 11 is 1.31. The number of nitrogens with zero attached hydrogens (tertiary/aromatic N) is 4. The van der Waals surface area contributed by atoms with E-state index in [4.69, 9.17) is 0 Å². The maximum absolute atomic E-state index is 12.0. The van der Waals surface area contributed by atoms with E-state index in [1.807, 2.05) is 48.9 Å². The van der Waals surface area contributed by atoms with Crippen LogP contribution < -0.4 is 5.32 Å². The van der Waals surface area contributed by atoms with Crippen LogP contribution >= 0.6 is 11.3 Å². The molecule has 0 bridgehead atoms. The summed E-state index contributed by atoms with van der Waals surface area (Å²) in [7, 11) is 0. The van der Waals surface area contributed by atoms with E-state index < -0.39 is 0 Å². The minimum Gasteiger partial charge on any atom is -0.301 e. The molecule has 0 aliphatic carbocycles. The molecule has 0 saturated carbocycles. The molecule has 3 aromatic rings. The number of aromatic nitrogens is 4. The smallest absolute Gasteiger partial charge is 0.226 e. The Morgan fingerprint density at radius 2 is 2.04 bits per heavy atom. The van der Waals surface area contributed by atoms with E-state index in [2.05, 4.69) is 20.6 Å². The molecule has 0 atom stereocenters. The van der Waals surface area contributed by atoms with Gasteiger partial charge in [0.25, 0.3) is 0 Å². The van der Waals surface area contributed by atoms with Crippen LogP contribution in [0.1, 0.15) is 23.4 Å². The van der Waals surface area contributed by atoms with Crippen molar-refractivity contribution in [2.24, 2.45) is 0 Å². The average molecular weight is 327 g/mol. The molecule has 0 radical (unpaired) electrons. The van der Waals surface area contributed by atoms with Gasteiger partial charge in [-0.25, -0.2) is 4.68 Å². The van der Waals surface area contributed by atoms with Crippen molar-refractivity contribution in [2.75, 3.05) is 5.32 Å². The molecule has 118 valence electrons. The fourth-order valence-electron chi connectivity index (χ4n) is 2.51. The van der Waals surface area contributed by atoms with E-state index >= 15 is 0 Å². The average Bonchev–Trinajstić information content (AvgIpc) is 3.15. The number of carbonyl (C=O) groups is 1. The third-order valence-corrected chi connectivity index (χ3v) is 4.26. The van der Waals surface area contributed by atoms with Crippen LogP contribution in [0.25, 0.3) is 5.69 Å². The van der Waals surface area contributed by atoms with E-state index in [-0.39, 0.29) is 5.91 Å². The van der Waals surface area contributed by atoms with E-state index in [1.54, 1.807) is 5.51 Å². The lowest BCUT2D eigenvalue weighted by Gasteiger charge is -2.05. The molecule has 1 aromatic carbocycles. The molecule has 2 heterocycles. The van der Waals surface area contributed by atoms with Crippen LogP contribution in [-0.2, 0) is 11.2 Å². The molecule has 0 aliphatic rings. The van der Waals surface area contributed by atoms with Gasteiger partial charge in [0.2, 0.25) is 11.0 Å². The fourth-order valence-corrected chi connectivity index (χ4v) is 2.97. The lowest BCUT2D eigenvalue weighted by molar-refractivity contribution is -0.116. The predicted molar refractivity (Wildman–Crippen MR) is 89.9 cm³/mol. The summed E-state index contributed by atoms with van der Waals surface area (Å²) in [5.41, 5.74) is 5.75. The highest BCUT2D eigenvalue weighted by molar-refractivity contribution is 7.13. The highest BCUT2D eigenvalue weighted by Gasteiger charge is 2.14. The monoisotopic (exact) mass is 327 g/mol. The van der Waals surface area contributed by atoms with Crippen molar-refractivity contribution in [1.29, 1.82) is 0 Å². The maximum Gasteiger partial charge on any atom is 0.226 e. The zero-order valence-electron chi connectivity index (χ0n) is 13.0. The second-order valence-electron chi connectivity index (χ2n) is 5.19. The molecule has 23 heavy (non-hydrogen) atoms. The highest BCUT2D eigenvalue weighted by Crippen LogP contribution is 2.19. The van der Waals surface area contributed by atoms with E-state index in [9.17, 15) is 4.79 Å². The Kier molecular flexibility index (Phi) is 4.47. The Bertz CT molecular complexity index is 796. The zero-order valence-corrected chi connectivity index (χ0v) is 13.8. The molecule has 0 saturated heterocycles. The minimum absolute atomic E-state index is 0.0620. The van der Waals surface area contributed by atoms with Crippen LogP contribution in [0, 0.1) is 13.8 Å². The largest absolute Gasteiger partial charge is 0.301 e. The second kappa shape index (κ2) is 6.70. The summed E-state index contributed by atoms with van der Waals surface area (Å²) in [5.74, 6) is -0.0620. The maximum atomic E-state index is 12.0. The number of amides is 1. The van der Waals surface area contributed by atoms with Crippen LogP contribution in [0.15, 0.2) is 35.8 Å². The van der Waals surface area contributed by atoms with Crippen LogP contribution in [0.4, 0.5) is 5.13 Å². The molecule has 0 spiro atoms. The highest BCUT2D eigenvalue weighted by atomic mass is 32.1. The summed E-state index contributed by atoms with van der Waals surface area (Å²) in [5, 5.41) is 15.4.